The molecule has 1 saturated heterocycles. The fourth-order valence-corrected chi connectivity index (χ4v) is 4.71. The highest BCUT2D eigenvalue weighted by atomic mass is 32.1. The zero-order valence-corrected chi connectivity index (χ0v) is 18.2. The first-order chi connectivity index (χ1) is 15.7. The largest absolute Gasteiger partial charge is 0.459 e. The molecule has 1 aromatic carbocycles. The van der Waals surface area contributed by atoms with Crippen LogP contribution in [0.2, 0.25) is 0 Å². The topological polar surface area (TPSA) is 71.6 Å². The molecule has 0 atom stereocenters. The van der Waals surface area contributed by atoms with Gasteiger partial charge in [-0.15, -0.1) is 11.3 Å². The highest BCUT2D eigenvalue weighted by molar-refractivity contribution is 7.13. The van der Waals surface area contributed by atoms with Crippen LogP contribution in [-0.4, -0.2) is 57.3 Å². The Hall–Kier alpha value is -3.65. The van der Waals surface area contributed by atoms with Crippen molar-refractivity contribution in [3.05, 3.63) is 78.2 Å². The number of rotatable bonds is 5. The maximum absolute atomic E-state index is 12.9. The minimum atomic E-state index is -0.132. The first-order valence-corrected chi connectivity index (χ1v) is 11.3. The van der Waals surface area contributed by atoms with E-state index in [0.717, 1.165) is 22.0 Å². The average Bonchev–Trinajstić information content (AvgIpc) is 3.61. The summed E-state index contributed by atoms with van der Waals surface area (Å²) in [6.07, 6.45) is 3.40. The standard InChI is InChI=1S/C24H22N4O3S/c29-22(26-11-13-27(14-12-26)24(30)21-9-5-15-31-21)16-28-10-4-8-20(28)23-25-19(17-32-23)18-6-2-1-3-7-18/h1-10,15,17H,11-14,16H2. The molecule has 3 aromatic heterocycles. The van der Waals surface area contributed by atoms with E-state index in [9.17, 15) is 9.59 Å². The molecule has 4 heterocycles. The molecule has 0 aliphatic carbocycles. The van der Waals surface area contributed by atoms with Gasteiger partial charge in [0.05, 0.1) is 17.7 Å². The number of carbonyl (C=O) groups excluding carboxylic acids is 2. The fraction of sp³-hybridized carbons (Fsp3) is 0.208. The van der Waals surface area contributed by atoms with Gasteiger partial charge in [-0.25, -0.2) is 4.98 Å². The van der Waals surface area contributed by atoms with Crippen LogP contribution in [0.1, 0.15) is 10.6 Å². The van der Waals surface area contributed by atoms with Crippen molar-refractivity contribution in [2.24, 2.45) is 0 Å². The monoisotopic (exact) mass is 446 g/mol. The van der Waals surface area contributed by atoms with E-state index in [2.05, 4.69) is 0 Å². The second-order valence-corrected chi connectivity index (χ2v) is 8.43. The summed E-state index contributed by atoms with van der Waals surface area (Å²) in [4.78, 5) is 33.7. The van der Waals surface area contributed by atoms with Gasteiger partial charge in [-0.2, -0.15) is 0 Å². The van der Waals surface area contributed by atoms with Crippen LogP contribution < -0.4 is 0 Å². The Kier molecular flexibility index (Phi) is 5.60. The lowest BCUT2D eigenvalue weighted by atomic mass is 10.2. The van der Waals surface area contributed by atoms with Gasteiger partial charge in [0.1, 0.15) is 11.6 Å². The molecule has 8 heteroatoms. The molecule has 1 fully saturated rings. The van der Waals surface area contributed by atoms with Crippen LogP contribution in [0.5, 0.6) is 0 Å². The fourth-order valence-electron chi connectivity index (χ4n) is 3.84. The zero-order valence-electron chi connectivity index (χ0n) is 17.4. The van der Waals surface area contributed by atoms with Crippen LogP contribution in [0.15, 0.2) is 76.9 Å². The van der Waals surface area contributed by atoms with E-state index >= 15 is 0 Å². The summed E-state index contributed by atoms with van der Waals surface area (Å²) in [6, 6.07) is 17.3. The molecule has 162 valence electrons. The van der Waals surface area contributed by atoms with Crippen molar-refractivity contribution in [3.8, 4) is 22.0 Å². The quantitative estimate of drug-likeness (QED) is 0.467. The minimum absolute atomic E-state index is 0.0346. The number of aromatic nitrogens is 2. The number of hydrogen-bond acceptors (Lipinski definition) is 5. The highest BCUT2D eigenvalue weighted by Crippen LogP contribution is 2.29. The molecule has 32 heavy (non-hydrogen) atoms. The van der Waals surface area contributed by atoms with Gasteiger partial charge in [-0.1, -0.05) is 30.3 Å². The number of benzene rings is 1. The Bertz CT molecular complexity index is 1210. The van der Waals surface area contributed by atoms with Gasteiger partial charge >= 0.3 is 0 Å². The lowest BCUT2D eigenvalue weighted by Crippen LogP contribution is -2.51. The average molecular weight is 447 g/mol. The van der Waals surface area contributed by atoms with Gasteiger partial charge < -0.3 is 18.8 Å². The van der Waals surface area contributed by atoms with Crippen LogP contribution in [0.3, 0.4) is 0 Å². The van der Waals surface area contributed by atoms with E-state index in [0.29, 0.717) is 31.9 Å². The Labute approximate surface area is 189 Å². The third kappa shape index (κ3) is 4.09. The first-order valence-electron chi connectivity index (χ1n) is 10.5. The van der Waals surface area contributed by atoms with Crippen LogP contribution >= 0.6 is 11.3 Å². The van der Waals surface area contributed by atoms with E-state index in [1.54, 1.807) is 28.4 Å². The molecule has 0 saturated carbocycles. The first kappa shape index (κ1) is 20.3. The SMILES string of the molecule is O=C(Cn1cccc1-c1nc(-c2ccccc2)cs1)N1CCN(C(=O)c2ccco2)CC1. The van der Waals surface area contributed by atoms with Crippen LogP contribution in [-0.2, 0) is 11.3 Å². The number of nitrogens with zero attached hydrogens (tertiary/aromatic N) is 4. The summed E-state index contributed by atoms with van der Waals surface area (Å²) in [5, 5.41) is 2.93. The number of hydrogen-bond donors (Lipinski definition) is 0. The molecule has 0 radical (unpaired) electrons. The molecule has 5 rings (SSSR count). The number of amides is 2. The third-order valence-electron chi connectivity index (χ3n) is 5.58. The van der Waals surface area contributed by atoms with Crippen molar-refractivity contribution >= 4 is 23.2 Å². The van der Waals surface area contributed by atoms with Gasteiger partial charge in [-0.3, -0.25) is 9.59 Å². The second kappa shape index (κ2) is 8.84. The highest BCUT2D eigenvalue weighted by Gasteiger charge is 2.26. The molecule has 0 bridgehead atoms. The minimum Gasteiger partial charge on any atom is -0.459 e. The van der Waals surface area contributed by atoms with Gasteiger partial charge in [0, 0.05) is 43.3 Å². The summed E-state index contributed by atoms with van der Waals surface area (Å²) in [7, 11) is 0. The number of carbonyl (C=O) groups is 2. The Morgan fingerprint density at radius 2 is 1.72 bits per heavy atom. The second-order valence-electron chi connectivity index (χ2n) is 7.58. The number of thiazole rings is 1. The number of piperazine rings is 1. The van der Waals surface area contributed by atoms with Crippen LogP contribution in [0.4, 0.5) is 0 Å². The van der Waals surface area contributed by atoms with Gasteiger partial charge in [0.2, 0.25) is 5.91 Å². The van der Waals surface area contributed by atoms with E-state index in [1.807, 2.05) is 63.5 Å². The Morgan fingerprint density at radius 1 is 0.938 bits per heavy atom. The normalized spacial score (nSPS) is 14.0. The number of furan rings is 1. The van der Waals surface area contributed by atoms with Crippen molar-refractivity contribution in [1.82, 2.24) is 19.4 Å². The molecule has 0 N–H and O–H groups in total. The summed E-state index contributed by atoms with van der Waals surface area (Å²) in [5.41, 5.74) is 2.94. The summed E-state index contributed by atoms with van der Waals surface area (Å²) >= 11 is 1.57. The Morgan fingerprint density at radius 3 is 2.47 bits per heavy atom. The van der Waals surface area contributed by atoms with Crippen molar-refractivity contribution in [2.75, 3.05) is 26.2 Å². The lowest BCUT2D eigenvalue weighted by Gasteiger charge is -2.34. The van der Waals surface area contributed by atoms with Gasteiger partial charge in [0.15, 0.2) is 5.76 Å². The molecule has 1 aliphatic heterocycles. The molecule has 1 aliphatic rings. The molecular formula is C24H22N4O3S. The third-order valence-corrected chi connectivity index (χ3v) is 6.44. The van der Waals surface area contributed by atoms with Gasteiger partial charge in [0.25, 0.3) is 5.91 Å². The molecule has 0 unspecified atom stereocenters. The molecule has 2 amide bonds. The van der Waals surface area contributed by atoms with Crippen molar-refractivity contribution in [2.45, 2.75) is 6.54 Å². The molecular weight excluding hydrogens is 424 g/mol. The van der Waals surface area contributed by atoms with Crippen molar-refractivity contribution in [1.29, 1.82) is 0 Å². The molecule has 0 spiro atoms. The van der Waals surface area contributed by atoms with Crippen LogP contribution in [0.25, 0.3) is 22.0 Å². The van der Waals surface area contributed by atoms with E-state index in [-0.39, 0.29) is 18.4 Å². The van der Waals surface area contributed by atoms with Crippen LogP contribution in [0, 0.1) is 0 Å². The maximum Gasteiger partial charge on any atom is 0.289 e. The van der Waals surface area contributed by atoms with Crippen molar-refractivity contribution < 1.29 is 14.0 Å². The van der Waals surface area contributed by atoms with E-state index in [1.165, 1.54) is 6.26 Å². The zero-order chi connectivity index (χ0) is 21.9. The molecule has 4 aromatic rings. The van der Waals surface area contributed by atoms with Crippen molar-refractivity contribution in [3.63, 3.8) is 0 Å². The summed E-state index contributed by atoms with van der Waals surface area (Å²) in [6.45, 7) is 2.26. The van der Waals surface area contributed by atoms with E-state index < -0.39 is 0 Å². The predicted octanol–water partition coefficient (Wildman–Crippen LogP) is 3.86. The summed E-state index contributed by atoms with van der Waals surface area (Å²) in [5.74, 6) is 0.236. The predicted molar refractivity (Wildman–Crippen MR) is 122 cm³/mol. The maximum atomic E-state index is 12.9. The smallest absolute Gasteiger partial charge is 0.289 e. The summed E-state index contributed by atoms with van der Waals surface area (Å²) < 4.78 is 7.14. The van der Waals surface area contributed by atoms with Gasteiger partial charge in [-0.05, 0) is 24.3 Å². The van der Waals surface area contributed by atoms with E-state index in [4.69, 9.17) is 9.40 Å². The molecule has 7 nitrogen and oxygen atoms in total. The lowest BCUT2D eigenvalue weighted by molar-refractivity contribution is -0.133. The Balaban J connectivity index is 1.23.